The van der Waals surface area contributed by atoms with E-state index in [1.807, 2.05) is 0 Å². The van der Waals surface area contributed by atoms with Gasteiger partial charge in [-0.3, -0.25) is 4.79 Å². The summed E-state index contributed by atoms with van der Waals surface area (Å²) in [4.78, 5) is 17.5. The van der Waals surface area contributed by atoms with Gasteiger partial charge in [0.25, 0.3) is 5.91 Å². The van der Waals surface area contributed by atoms with Gasteiger partial charge in [-0.05, 0) is 18.2 Å². The molecule has 1 amide bonds. The van der Waals surface area contributed by atoms with Crippen LogP contribution in [0.5, 0.6) is 0 Å². The number of alkyl halides is 1. The van der Waals surface area contributed by atoms with E-state index in [0.717, 1.165) is 5.69 Å². The van der Waals surface area contributed by atoms with E-state index in [9.17, 15) is 4.79 Å². The molecule has 0 saturated carbocycles. The topological polar surface area (TPSA) is 44.7 Å². The van der Waals surface area contributed by atoms with Crippen molar-refractivity contribution in [2.45, 2.75) is 5.50 Å². The van der Waals surface area contributed by atoms with Crippen molar-refractivity contribution in [1.29, 1.82) is 0 Å². The van der Waals surface area contributed by atoms with Crippen LogP contribution in [0.1, 0.15) is 10.4 Å². The van der Waals surface area contributed by atoms with Gasteiger partial charge in [0.1, 0.15) is 5.17 Å². The molecule has 0 radical (unpaired) electrons. The van der Waals surface area contributed by atoms with Gasteiger partial charge in [0.05, 0.1) is 11.4 Å². The molecule has 0 aliphatic carbocycles. The molecule has 1 aromatic rings. The van der Waals surface area contributed by atoms with Gasteiger partial charge in [0.2, 0.25) is 0 Å². The van der Waals surface area contributed by atoms with Crippen LogP contribution in [0.2, 0.25) is 0 Å². The molecule has 0 saturated heterocycles. The van der Waals surface area contributed by atoms with Crippen LogP contribution in [0.3, 0.4) is 0 Å². The van der Waals surface area contributed by atoms with Gasteiger partial charge in [0, 0.05) is 19.7 Å². The monoisotopic (exact) mass is 271 g/mol. The molecule has 17 heavy (non-hydrogen) atoms. The minimum atomic E-state index is -0.496. The highest BCUT2D eigenvalue weighted by Crippen LogP contribution is 2.36. The highest BCUT2D eigenvalue weighted by molar-refractivity contribution is 6.71. The van der Waals surface area contributed by atoms with E-state index in [1.165, 1.54) is 0 Å². The Kier molecular flexibility index (Phi) is 3.26. The number of rotatable bonds is 1. The van der Waals surface area contributed by atoms with E-state index in [-0.39, 0.29) is 5.91 Å². The Bertz CT molecular complexity index is 501. The summed E-state index contributed by atoms with van der Waals surface area (Å²) >= 11 is 12.0. The first-order valence-corrected chi connectivity index (χ1v) is 5.83. The van der Waals surface area contributed by atoms with E-state index >= 15 is 0 Å². The lowest BCUT2D eigenvalue weighted by molar-refractivity contribution is 0.0963. The Labute approximate surface area is 109 Å². The third-order valence-electron chi connectivity index (χ3n) is 2.61. The zero-order valence-corrected chi connectivity index (χ0v) is 10.9. The number of nitrogens with zero attached hydrogens (tertiary/aromatic N) is 2. The molecule has 90 valence electrons. The van der Waals surface area contributed by atoms with E-state index in [2.05, 4.69) is 10.3 Å². The second kappa shape index (κ2) is 4.55. The number of benzene rings is 1. The second-order valence-electron chi connectivity index (χ2n) is 3.66. The quantitative estimate of drug-likeness (QED) is 0.630. The van der Waals surface area contributed by atoms with Crippen molar-refractivity contribution in [1.82, 2.24) is 5.32 Å². The van der Waals surface area contributed by atoms with Crippen molar-refractivity contribution in [3.05, 3.63) is 23.8 Å². The molecule has 0 bridgehead atoms. The molecule has 4 nitrogen and oxygen atoms in total. The lowest BCUT2D eigenvalue weighted by Gasteiger charge is -2.29. The highest BCUT2D eigenvalue weighted by Gasteiger charge is 2.25. The number of halogens is 2. The lowest BCUT2D eigenvalue weighted by Crippen LogP contribution is -2.34. The molecule has 0 fully saturated rings. The number of fused-ring (bicyclic) bond motifs is 1. The zero-order valence-electron chi connectivity index (χ0n) is 9.37. The molecule has 2 rings (SSSR count). The third-order valence-corrected chi connectivity index (χ3v) is 3.51. The molecule has 1 aromatic carbocycles. The Balaban J connectivity index is 2.50. The zero-order chi connectivity index (χ0) is 12.6. The van der Waals surface area contributed by atoms with Crippen LogP contribution < -0.4 is 10.2 Å². The maximum Gasteiger partial charge on any atom is 0.251 e. The summed E-state index contributed by atoms with van der Waals surface area (Å²) in [5.74, 6) is -0.145. The third kappa shape index (κ3) is 2.10. The van der Waals surface area contributed by atoms with Crippen molar-refractivity contribution in [3.8, 4) is 0 Å². The molecule has 1 N–H and O–H groups in total. The van der Waals surface area contributed by atoms with E-state index < -0.39 is 5.50 Å². The number of hydrogen-bond acceptors (Lipinski definition) is 3. The summed E-state index contributed by atoms with van der Waals surface area (Å²) in [6.45, 7) is 0. The number of carbonyl (C=O) groups is 1. The summed E-state index contributed by atoms with van der Waals surface area (Å²) in [7, 11) is 3.39. The fraction of sp³-hybridized carbons (Fsp3) is 0.273. The van der Waals surface area contributed by atoms with E-state index in [1.54, 1.807) is 37.2 Å². The number of hydrogen-bond donors (Lipinski definition) is 1. The lowest BCUT2D eigenvalue weighted by atomic mass is 10.1. The Hall–Kier alpha value is -1.26. The minimum absolute atomic E-state index is 0.145. The van der Waals surface area contributed by atoms with Crippen molar-refractivity contribution >= 4 is 45.7 Å². The molecule has 1 aliphatic rings. The van der Waals surface area contributed by atoms with Crippen molar-refractivity contribution in [2.75, 3.05) is 19.0 Å². The second-order valence-corrected chi connectivity index (χ2v) is 4.46. The maximum absolute atomic E-state index is 11.5. The molecule has 0 spiro atoms. The molecular formula is C11H11Cl2N3O. The molecule has 6 heteroatoms. The molecule has 0 aromatic heterocycles. The van der Waals surface area contributed by atoms with E-state index in [0.29, 0.717) is 16.4 Å². The number of carbonyl (C=O) groups excluding carboxylic acids is 1. The standard InChI is InChI=1S/C11H11Cl2N3O/c1-14-11(17)6-3-4-7-8(5-6)16(2)10(13)9(12)15-7/h3-5,10H,1-2H3,(H,14,17). The number of anilines is 1. The SMILES string of the molecule is CNC(=O)c1ccc2c(c1)N(C)C(Cl)C(Cl)=N2. The minimum Gasteiger partial charge on any atom is -0.355 e. The largest absolute Gasteiger partial charge is 0.355 e. The number of nitrogens with one attached hydrogen (secondary N) is 1. The number of amides is 1. The van der Waals surface area contributed by atoms with Gasteiger partial charge < -0.3 is 10.2 Å². The van der Waals surface area contributed by atoms with Crippen LogP contribution in [0.4, 0.5) is 11.4 Å². The van der Waals surface area contributed by atoms with Crippen LogP contribution in [-0.4, -0.2) is 30.7 Å². The summed E-state index contributed by atoms with van der Waals surface area (Å²) in [6, 6.07) is 5.20. The summed E-state index contributed by atoms with van der Waals surface area (Å²) in [6.07, 6.45) is 0. The molecular weight excluding hydrogens is 261 g/mol. The first-order valence-electron chi connectivity index (χ1n) is 5.01. The molecule has 1 aliphatic heterocycles. The molecule has 1 unspecified atom stereocenters. The summed E-state index contributed by atoms with van der Waals surface area (Å²) < 4.78 is 0. The van der Waals surface area contributed by atoms with Crippen LogP contribution in [0.15, 0.2) is 23.2 Å². The Morgan fingerprint density at radius 1 is 1.53 bits per heavy atom. The normalized spacial score (nSPS) is 18.5. The fourth-order valence-electron chi connectivity index (χ4n) is 1.64. The average molecular weight is 272 g/mol. The summed E-state index contributed by atoms with van der Waals surface area (Å²) in [5, 5.41) is 2.90. The Morgan fingerprint density at radius 2 is 2.24 bits per heavy atom. The molecule has 1 atom stereocenters. The van der Waals surface area contributed by atoms with Crippen molar-refractivity contribution in [2.24, 2.45) is 4.99 Å². The smallest absolute Gasteiger partial charge is 0.251 e. The van der Waals surface area contributed by atoms with Crippen LogP contribution in [0, 0.1) is 0 Å². The van der Waals surface area contributed by atoms with E-state index in [4.69, 9.17) is 23.2 Å². The first kappa shape index (κ1) is 12.2. The fourth-order valence-corrected chi connectivity index (χ4v) is 2.03. The average Bonchev–Trinajstić information content (AvgIpc) is 2.35. The van der Waals surface area contributed by atoms with Gasteiger partial charge in [0.15, 0.2) is 5.50 Å². The highest BCUT2D eigenvalue weighted by atomic mass is 35.5. The molecule has 1 heterocycles. The van der Waals surface area contributed by atoms with Crippen molar-refractivity contribution < 1.29 is 4.79 Å². The van der Waals surface area contributed by atoms with Crippen LogP contribution in [0.25, 0.3) is 0 Å². The van der Waals surface area contributed by atoms with Gasteiger partial charge >= 0.3 is 0 Å². The van der Waals surface area contributed by atoms with Crippen LogP contribution >= 0.6 is 23.2 Å². The predicted octanol–water partition coefficient (Wildman–Crippen LogP) is 2.33. The predicted molar refractivity (Wildman–Crippen MR) is 70.8 cm³/mol. The maximum atomic E-state index is 11.5. The summed E-state index contributed by atoms with van der Waals surface area (Å²) in [5.41, 5.74) is 1.57. The first-order chi connectivity index (χ1) is 8.04. The van der Waals surface area contributed by atoms with Crippen molar-refractivity contribution in [3.63, 3.8) is 0 Å². The van der Waals surface area contributed by atoms with Gasteiger partial charge in [-0.25, -0.2) is 4.99 Å². The van der Waals surface area contributed by atoms with Gasteiger partial charge in [-0.2, -0.15) is 0 Å². The van der Waals surface area contributed by atoms with Gasteiger partial charge in [-0.1, -0.05) is 23.2 Å². The van der Waals surface area contributed by atoms with Crippen LogP contribution in [-0.2, 0) is 0 Å². The van der Waals surface area contributed by atoms with Gasteiger partial charge in [-0.15, -0.1) is 0 Å². The number of aliphatic imine (C=N–C) groups is 1. The Morgan fingerprint density at radius 3 is 2.88 bits per heavy atom.